The SMILES string of the molecule is CCc1cccc(S(=O)(=O)N2CC[C@H](C(=O)O)C2)c1. The van der Waals surface area contributed by atoms with Crippen molar-refractivity contribution >= 4 is 16.0 Å². The van der Waals surface area contributed by atoms with Gasteiger partial charge in [0.05, 0.1) is 10.8 Å². The van der Waals surface area contributed by atoms with Crippen molar-refractivity contribution in [3.63, 3.8) is 0 Å². The second-order valence-electron chi connectivity index (χ2n) is 4.69. The summed E-state index contributed by atoms with van der Waals surface area (Å²) >= 11 is 0. The highest BCUT2D eigenvalue weighted by Gasteiger charge is 2.35. The van der Waals surface area contributed by atoms with E-state index < -0.39 is 21.9 Å². The molecule has 1 atom stereocenters. The lowest BCUT2D eigenvalue weighted by molar-refractivity contribution is -0.141. The molecule has 1 aromatic rings. The smallest absolute Gasteiger partial charge is 0.307 e. The third kappa shape index (κ3) is 2.79. The van der Waals surface area contributed by atoms with Gasteiger partial charge in [-0.15, -0.1) is 0 Å². The number of carbonyl (C=O) groups is 1. The summed E-state index contributed by atoms with van der Waals surface area (Å²) in [5.74, 6) is -1.52. The van der Waals surface area contributed by atoms with E-state index in [1.165, 1.54) is 4.31 Å². The van der Waals surface area contributed by atoms with Crippen LogP contribution in [0.3, 0.4) is 0 Å². The topological polar surface area (TPSA) is 74.7 Å². The molecule has 1 fully saturated rings. The summed E-state index contributed by atoms with van der Waals surface area (Å²) in [7, 11) is -3.57. The lowest BCUT2D eigenvalue weighted by Gasteiger charge is -2.16. The van der Waals surface area contributed by atoms with Gasteiger partial charge in [-0.1, -0.05) is 19.1 Å². The molecular formula is C13H17NO4S. The predicted molar refractivity (Wildman–Crippen MR) is 70.3 cm³/mol. The summed E-state index contributed by atoms with van der Waals surface area (Å²) in [4.78, 5) is 11.1. The standard InChI is InChI=1S/C13H17NO4S/c1-2-10-4-3-5-12(8-10)19(17,18)14-7-6-11(9-14)13(15)16/h3-5,8,11H,2,6-7,9H2,1H3,(H,15,16)/t11-/m0/s1. The molecule has 0 radical (unpaired) electrons. The average molecular weight is 283 g/mol. The second kappa shape index (κ2) is 5.30. The Morgan fingerprint density at radius 1 is 1.47 bits per heavy atom. The van der Waals surface area contributed by atoms with E-state index >= 15 is 0 Å². The number of carboxylic acid groups (broad SMARTS) is 1. The first-order chi connectivity index (χ1) is 8.95. The quantitative estimate of drug-likeness (QED) is 0.905. The van der Waals surface area contributed by atoms with Gasteiger partial charge in [-0.25, -0.2) is 8.42 Å². The Kier molecular flexibility index (Phi) is 3.91. The largest absolute Gasteiger partial charge is 0.481 e. The highest BCUT2D eigenvalue weighted by atomic mass is 32.2. The van der Waals surface area contributed by atoms with Crippen molar-refractivity contribution in [2.24, 2.45) is 5.92 Å². The minimum atomic E-state index is -3.57. The number of carboxylic acids is 1. The van der Waals surface area contributed by atoms with Crippen molar-refractivity contribution in [1.82, 2.24) is 4.31 Å². The molecule has 0 unspecified atom stereocenters. The highest BCUT2D eigenvalue weighted by Crippen LogP contribution is 2.25. The number of nitrogens with zero attached hydrogens (tertiary/aromatic N) is 1. The van der Waals surface area contributed by atoms with Crippen LogP contribution in [0.25, 0.3) is 0 Å². The first-order valence-corrected chi connectivity index (χ1v) is 7.71. The monoisotopic (exact) mass is 283 g/mol. The normalized spacial score (nSPS) is 20.6. The summed E-state index contributed by atoms with van der Waals surface area (Å²) in [6.45, 7) is 2.30. The van der Waals surface area contributed by atoms with E-state index in [1.54, 1.807) is 18.2 Å². The van der Waals surface area contributed by atoms with Crippen LogP contribution in [-0.2, 0) is 21.2 Å². The van der Waals surface area contributed by atoms with E-state index in [1.807, 2.05) is 13.0 Å². The molecule has 6 heteroatoms. The molecule has 0 amide bonds. The Labute approximate surface area is 112 Å². The maximum atomic E-state index is 12.4. The van der Waals surface area contributed by atoms with Crippen LogP contribution < -0.4 is 0 Å². The van der Waals surface area contributed by atoms with Crippen LogP contribution in [0, 0.1) is 5.92 Å². The van der Waals surface area contributed by atoms with E-state index in [4.69, 9.17) is 5.11 Å². The van der Waals surface area contributed by atoms with Crippen LogP contribution in [0.15, 0.2) is 29.2 Å². The molecule has 1 aliphatic heterocycles. The Morgan fingerprint density at radius 2 is 2.21 bits per heavy atom. The molecule has 19 heavy (non-hydrogen) atoms. The molecule has 0 aromatic heterocycles. The zero-order valence-corrected chi connectivity index (χ0v) is 11.6. The molecule has 1 N–H and O–H groups in total. The maximum absolute atomic E-state index is 12.4. The number of hydrogen-bond donors (Lipinski definition) is 1. The van der Waals surface area contributed by atoms with Crippen molar-refractivity contribution in [2.75, 3.05) is 13.1 Å². The second-order valence-corrected chi connectivity index (χ2v) is 6.63. The zero-order chi connectivity index (χ0) is 14.0. The molecular weight excluding hydrogens is 266 g/mol. The Bertz CT molecular complexity index is 582. The minimum absolute atomic E-state index is 0.0635. The van der Waals surface area contributed by atoms with Gasteiger partial charge < -0.3 is 5.11 Å². The van der Waals surface area contributed by atoms with Gasteiger partial charge >= 0.3 is 5.97 Å². The summed E-state index contributed by atoms with van der Waals surface area (Å²) in [6.07, 6.45) is 1.14. The molecule has 0 aliphatic carbocycles. The van der Waals surface area contributed by atoms with Gasteiger partial charge in [0.2, 0.25) is 10.0 Å². The molecule has 1 saturated heterocycles. The number of aryl methyl sites for hydroxylation is 1. The summed E-state index contributed by atoms with van der Waals surface area (Å²) in [6, 6.07) is 6.81. The molecule has 0 spiro atoms. The third-order valence-corrected chi connectivity index (χ3v) is 5.31. The van der Waals surface area contributed by atoms with Gasteiger partial charge in [0.15, 0.2) is 0 Å². The van der Waals surface area contributed by atoms with Crippen molar-refractivity contribution in [3.8, 4) is 0 Å². The number of rotatable bonds is 4. The Balaban J connectivity index is 2.25. The Hall–Kier alpha value is -1.40. The number of hydrogen-bond acceptors (Lipinski definition) is 3. The molecule has 1 aromatic carbocycles. The molecule has 1 heterocycles. The first kappa shape index (κ1) is 14.0. The summed E-state index contributed by atoms with van der Waals surface area (Å²) in [5.41, 5.74) is 0.954. The number of aliphatic carboxylic acids is 1. The van der Waals surface area contributed by atoms with Crippen molar-refractivity contribution in [1.29, 1.82) is 0 Å². The van der Waals surface area contributed by atoms with Crippen LogP contribution in [0.5, 0.6) is 0 Å². The molecule has 2 rings (SSSR count). The number of sulfonamides is 1. The van der Waals surface area contributed by atoms with Gasteiger partial charge in [-0.05, 0) is 30.5 Å². The maximum Gasteiger partial charge on any atom is 0.307 e. The fraction of sp³-hybridized carbons (Fsp3) is 0.462. The van der Waals surface area contributed by atoms with E-state index in [0.717, 1.165) is 12.0 Å². The predicted octanol–water partition coefficient (Wildman–Crippen LogP) is 1.34. The fourth-order valence-electron chi connectivity index (χ4n) is 2.22. The summed E-state index contributed by atoms with van der Waals surface area (Å²) in [5, 5.41) is 8.93. The zero-order valence-electron chi connectivity index (χ0n) is 10.7. The van der Waals surface area contributed by atoms with E-state index in [9.17, 15) is 13.2 Å². The van der Waals surface area contributed by atoms with Crippen molar-refractivity contribution < 1.29 is 18.3 Å². The Morgan fingerprint density at radius 3 is 2.79 bits per heavy atom. The van der Waals surface area contributed by atoms with Gasteiger partial charge in [0.1, 0.15) is 0 Å². The van der Waals surface area contributed by atoms with Crippen LogP contribution in [0.4, 0.5) is 0 Å². The van der Waals surface area contributed by atoms with E-state index in [-0.39, 0.29) is 18.0 Å². The lowest BCUT2D eigenvalue weighted by atomic mass is 10.1. The van der Waals surface area contributed by atoms with Gasteiger partial charge in [0.25, 0.3) is 0 Å². The molecule has 5 nitrogen and oxygen atoms in total. The summed E-state index contributed by atoms with van der Waals surface area (Å²) < 4.78 is 26.1. The molecule has 1 aliphatic rings. The van der Waals surface area contributed by atoms with Gasteiger partial charge in [-0.3, -0.25) is 4.79 Å². The molecule has 0 bridgehead atoms. The lowest BCUT2D eigenvalue weighted by Crippen LogP contribution is -2.30. The molecule has 0 saturated carbocycles. The fourth-order valence-corrected chi connectivity index (χ4v) is 3.79. The van der Waals surface area contributed by atoms with Crippen LogP contribution >= 0.6 is 0 Å². The third-order valence-electron chi connectivity index (χ3n) is 3.44. The number of benzene rings is 1. The first-order valence-electron chi connectivity index (χ1n) is 6.27. The van der Waals surface area contributed by atoms with Gasteiger partial charge in [-0.2, -0.15) is 4.31 Å². The minimum Gasteiger partial charge on any atom is -0.481 e. The van der Waals surface area contributed by atoms with Gasteiger partial charge in [0, 0.05) is 13.1 Å². The van der Waals surface area contributed by atoms with E-state index in [2.05, 4.69) is 0 Å². The average Bonchev–Trinajstić information content (AvgIpc) is 2.89. The van der Waals surface area contributed by atoms with Crippen LogP contribution in [0.2, 0.25) is 0 Å². The van der Waals surface area contributed by atoms with Crippen LogP contribution in [0.1, 0.15) is 18.9 Å². The molecule has 104 valence electrons. The highest BCUT2D eigenvalue weighted by molar-refractivity contribution is 7.89. The van der Waals surface area contributed by atoms with Crippen molar-refractivity contribution in [3.05, 3.63) is 29.8 Å². The van der Waals surface area contributed by atoms with E-state index in [0.29, 0.717) is 6.42 Å². The van der Waals surface area contributed by atoms with Crippen LogP contribution in [-0.4, -0.2) is 36.9 Å². The van der Waals surface area contributed by atoms with Crippen molar-refractivity contribution in [2.45, 2.75) is 24.7 Å².